The normalized spacial score (nSPS) is 31.9. The second kappa shape index (κ2) is 5.07. The molecule has 2 atom stereocenters. The number of guanidine groups is 1. The van der Waals surface area contributed by atoms with E-state index in [-0.39, 0.29) is 0 Å². The number of nitrogens with two attached hydrogens (primary N) is 1. The molecule has 0 aromatic heterocycles. The molecule has 2 N–H and O–H groups in total. The third kappa shape index (κ3) is 2.89. The molecule has 2 aliphatic rings. The maximum absolute atomic E-state index is 6.07. The van der Waals surface area contributed by atoms with E-state index >= 15 is 0 Å². The fraction of sp³-hybridized carbons (Fsp3) is 0.923. The molecule has 16 heavy (non-hydrogen) atoms. The van der Waals surface area contributed by atoms with Gasteiger partial charge in [0.2, 0.25) is 0 Å². The van der Waals surface area contributed by atoms with Crippen LogP contribution < -0.4 is 5.73 Å². The SMILES string of the molecule is CCCC1CC1N=C(N)N1CCC(C)CC1. The summed E-state index contributed by atoms with van der Waals surface area (Å²) in [6, 6.07) is 0.541. The third-order valence-corrected chi connectivity index (χ3v) is 3.95. The zero-order valence-corrected chi connectivity index (χ0v) is 10.7. The predicted octanol–water partition coefficient (Wildman–Crippen LogP) is 2.22. The van der Waals surface area contributed by atoms with Gasteiger partial charge in [0.15, 0.2) is 5.96 Å². The molecule has 0 bridgehead atoms. The molecule has 0 aromatic rings. The minimum atomic E-state index is 0.541. The largest absolute Gasteiger partial charge is 0.370 e. The second-order valence-corrected chi connectivity index (χ2v) is 5.51. The van der Waals surface area contributed by atoms with Crippen molar-refractivity contribution in [2.45, 2.75) is 52.0 Å². The van der Waals surface area contributed by atoms with Crippen molar-refractivity contribution >= 4 is 5.96 Å². The summed E-state index contributed by atoms with van der Waals surface area (Å²) >= 11 is 0. The Bertz CT molecular complexity index is 254. The molecule has 1 saturated heterocycles. The Balaban J connectivity index is 1.79. The van der Waals surface area contributed by atoms with Crippen LogP contribution in [-0.2, 0) is 0 Å². The van der Waals surface area contributed by atoms with Gasteiger partial charge in [0.1, 0.15) is 0 Å². The predicted molar refractivity (Wildman–Crippen MR) is 68.4 cm³/mol. The highest BCUT2D eigenvalue weighted by atomic mass is 15.3. The summed E-state index contributed by atoms with van der Waals surface area (Å²) in [6.45, 7) is 6.76. The number of likely N-dealkylation sites (tertiary alicyclic amines) is 1. The molecule has 0 spiro atoms. The fourth-order valence-electron chi connectivity index (χ4n) is 2.56. The highest BCUT2D eigenvalue weighted by Gasteiger charge is 2.36. The Morgan fingerprint density at radius 3 is 2.69 bits per heavy atom. The van der Waals surface area contributed by atoms with Crippen molar-refractivity contribution in [3.8, 4) is 0 Å². The van der Waals surface area contributed by atoms with Gasteiger partial charge in [-0.25, -0.2) is 4.99 Å². The first kappa shape index (κ1) is 11.7. The number of rotatable bonds is 3. The van der Waals surface area contributed by atoms with Gasteiger partial charge in [-0.1, -0.05) is 20.3 Å². The van der Waals surface area contributed by atoms with Gasteiger partial charge < -0.3 is 10.6 Å². The first-order valence-electron chi connectivity index (χ1n) is 6.79. The molecule has 2 fully saturated rings. The molecule has 3 heteroatoms. The molecule has 1 saturated carbocycles. The van der Waals surface area contributed by atoms with E-state index < -0.39 is 0 Å². The van der Waals surface area contributed by atoms with E-state index in [2.05, 4.69) is 23.7 Å². The maximum Gasteiger partial charge on any atom is 0.191 e. The molecule has 0 aromatic carbocycles. The van der Waals surface area contributed by atoms with Gasteiger partial charge in [-0.15, -0.1) is 0 Å². The Morgan fingerprint density at radius 2 is 2.06 bits per heavy atom. The van der Waals surface area contributed by atoms with Crippen molar-refractivity contribution in [1.29, 1.82) is 0 Å². The smallest absolute Gasteiger partial charge is 0.191 e. The highest BCUT2D eigenvalue weighted by Crippen LogP contribution is 2.37. The Morgan fingerprint density at radius 1 is 1.38 bits per heavy atom. The van der Waals surface area contributed by atoms with Crippen LogP contribution in [0.25, 0.3) is 0 Å². The van der Waals surface area contributed by atoms with Crippen LogP contribution in [0.3, 0.4) is 0 Å². The van der Waals surface area contributed by atoms with Crippen molar-refractivity contribution < 1.29 is 0 Å². The lowest BCUT2D eigenvalue weighted by atomic mass is 10.00. The first-order valence-corrected chi connectivity index (χ1v) is 6.79. The van der Waals surface area contributed by atoms with Crippen LogP contribution >= 0.6 is 0 Å². The Labute approximate surface area is 99.1 Å². The Kier molecular flexibility index (Phi) is 3.72. The third-order valence-electron chi connectivity index (χ3n) is 3.95. The van der Waals surface area contributed by atoms with Crippen molar-refractivity contribution in [3.63, 3.8) is 0 Å². The highest BCUT2D eigenvalue weighted by molar-refractivity contribution is 5.78. The van der Waals surface area contributed by atoms with E-state index in [9.17, 15) is 0 Å². The minimum Gasteiger partial charge on any atom is -0.370 e. The first-order chi connectivity index (χ1) is 7.70. The van der Waals surface area contributed by atoms with Crippen LogP contribution in [-0.4, -0.2) is 30.0 Å². The average Bonchev–Trinajstić information content (AvgIpc) is 2.98. The number of piperidine rings is 1. The summed E-state index contributed by atoms with van der Waals surface area (Å²) < 4.78 is 0. The summed E-state index contributed by atoms with van der Waals surface area (Å²) in [4.78, 5) is 6.92. The summed E-state index contributed by atoms with van der Waals surface area (Å²) in [5, 5.41) is 0. The molecular formula is C13H25N3. The zero-order valence-electron chi connectivity index (χ0n) is 10.7. The molecular weight excluding hydrogens is 198 g/mol. The quantitative estimate of drug-likeness (QED) is 0.589. The summed E-state index contributed by atoms with van der Waals surface area (Å²) in [7, 11) is 0. The van der Waals surface area contributed by atoms with Gasteiger partial charge in [0, 0.05) is 13.1 Å². The van der Waals surface area contributed by atoms with Crippen molar-refractivity contribution in [1.82, 2.24) is 4.90 Å². The van der Waals surface area contributed by atoms with Gasteiger partial charge in [0.05, 0.1) is 6.04 Å². The lowest BCUT2D eigenvalue weighted by Crippen LogP contribution is -2.42. The van der Waals surface area contributed by atoms with Gasteiger partial charge in [-0.3, -0.25) is 0 Å². The monoisotopic (exact) mass is 223 g/mol. The minimum absolute atomic E-state index is 0.541. The van der Waals surface area contributed by atoms with Crippen LogP contribution in [0.5, 0.6) is 0 Å². The second-order valence-electron chi connectivity index (χ2n) is 5.51. The van der Waals surface area contributed by atoms with Crippen LogP contribution in [0.15, 0.2) is 4.99 Å². The van der Waals surface area contributed by atoms with Crippen molar-refractivity contribution in [3.05, 3.63) is 0 Å². The Hall–Kier alpha value is -0.730. The van der Waals surface area contributed by atoms with Gasteiger partial charge in [0.25, 0.3) is 0 Å². The van der Waals surface area contributed by atoms with E-state index in [1.165, 1.54) is 32.1 Å². The number of nitrogens with zero attached hydrogens (tertiary/aromatic N) is 2. The summed E-state index contributed by atoms with van der Waals surface area (Å²) in [5.74, 6) is 2.49. The molecule has 2 unspecified atom stereocenters. The molecule has 3 nitrogen and oxygen atoms in total. The summed E-state index contributed by atoms with van der Waals surface area (Å²) in [5.41, 5.74) is 6.07. The molecule has 0 amide bonds. The molecule has 1 heterocycles. The molecule has 1 aliphatic heterocycles. The van der Waals surface area contributed by atoms with E-state index in [1.807, 2.05) is 0 Å². The number of aliphatic imine (C=N–C) groups is 1. The van der Waals surface area contributed by atoms with E-state index in [0.29, 0.717) is 6.04 Å². The van der Waals surface area contributed by atoms with Crippen LogP contribution in [0.2, 0.25) is 0 Å². The standard InChI is InChI=1S/C13H25N3/c1-3-4-11-9-12(11)15-13(14)16-7-5-10(2)6-8-16/h10-12H,3-9H2,1-2H3,(H2,14,15). The van der Waals surface area contributed by atoms with Gasteiger partial charge in [-0.2, -0.15) is 0 Å². The average molecular weight is 223 g/mol. The topological polar surface area (TPSA) is 41.6 Å². The van der Waals surface area contributed by atoms with Crippen molar-refractivity contribution in [2.24, 2.45) is 22.6 Å². The van der Waals surface area contributed by atoms with Crippen molar-refractivity contribution in [2.75, 3.05) is 13.1 Å². The zero-order chi connectivity index (χ0) is 11.5. The molecule has 2 rings (SSSR count). The molecule has 92 valence electrons. The van der Waals surface area contributed by atoms with Crippen LogP contribution in [0.1, 0.15) is 46.0 Å². The van der Waals surface area contributed by atoms with Gasteiger partial charge in [-0.05, 0) is 37.5 Å². The fourth-order valence-corrected chi connectivity index (χ4v) is 2.56. The summed E-state index contributed by atoms with van der Waals surface area (Å²) in [6.07, 6.45) is 6.38. The molecule has 1 aliphatic carbocycles. The molecule has 0 radical (unpaired) electrons. The number of hydrogen-bond donors (Lipinski definition) is 1. The van der Waals surface area contributed by atoms with Crippen LogP contribution in [0.4, 0.5) is 0 Å². The van der Waals surface area contributed by atoms with E-state index in [0.717, 1.165) is 30.9 Å². The lowest BCUT2D eigenvalue weighted by molar-refractivity contribution is 0.277. The van der Waals surface area contributed by atoms with E-state index in [1.54, 1.807) is 0 Å². The van der Waals surface area contributed by atoms with Gasteiger partial charge >= 0.3 is 0 Å². The van der Waals surface area contributed by atoms with Crippen LogP contribution in [0, 0.1) is 11.8 Å². The maximum atomic E-state index is 6.07. The van der Waals surface area contributed by atoms with E-state index in [4.69, 9.17) is 5.73 Å². The lowest BCUT2D eigenvalue weighted by Gasteiger charge is -2.31. The number of hydrogen-bond acceptors (Lipinski definition) is 1.